The summed E-state index contributed by atoms with van der Waals surface area (Å²) >= 11 is 0. The Labute approximate surface area is 128 Å². The van der Waals surface area contributed by atoms with Crippen LogP contribution in [0.25, 0.3) is 0 Å². The van der Waals surface area contributed by atoms with Gasteiger partial charge in [-0.2, -0.15) is 0 Å². The van der Waals surface area contributed by atoms with Gasteiger partial charge in [0, 0.05) is 12.6 Å². The van der Waals surface area contributed by atoms with Crippen molar-refractivity contribution in [2.75, 3.05) is 46.9 Å². The van der Waals surface area contributed by atoms with Gasteiger partial charge in [-0.3, -0.25) is 0 Å². The number of benzene rings is 1. The van der Waals surface area contributed by atoms with Crippen LogP contribution in [0.15, 0.2) is 6.07 Å². The van der Waals surface area contributed by atoms with E-state index in [0.717, 1.165) is 0 Å². The summed E-state index contributed by atoms with van der Waals surface area (Å²) in [6.45, 7) is -0.414. The Morgan fingerprint density at radius 2 is 1.82 bits per heavy atom. The predicted octanol–water partition coefficient (Wildman–Crippen LogP) is 0.264. The molecule has 8 nitrogen and oxygen atoms in total. The van der Waals surface area contributed by atoms with Crippen molar-refractivity contribution in [3.05, 3.63) is 11.6 Å². The molecule has 0 heterocycles. The van der Waals surface area contributed by atoms with E-state index >= 15 is 0 Å². The molecule has 0 radical (unpaired) electrons. The van der Waals surface area contributed by atoms with Crippen LogP contribution in [0.2, 0.25) is 0 Å². The van der Waals surface area contributed by atoms with E-state index in [1.165, 1.54) is 34.5 Å². The summed E-state index contributed by atoms with van der Waals surface area (Å²) in [5, 5.41) is 21.2. The molecule has 0 aliphatic rings. The molecule has 124 valence electrons. The van der Waals surface area contributed by atoms with Crippen LogP contribution < -0.4 is 19.5 Å². The fraction of sp³-hybridized carbons (Fsp3) is 0.500. The zero-order valence-corrected chi connectivity index (χ0v) is 13.0. The number of esters is 1. The van der Waals surface area contributed by atoms with Crippen LogP contribution in [0.4, 0.5) is 5.69 Å². The SMILES string of the molecule is COC(=O)c1cc(OC)c(OC)c(OC)c1NCC(O)CO. The molecular weight excluding hydrogens is 294 g/mol. The molecule has 1 unspecified atom stereocenters. The molecule has 0 amide bonds. The smallest absolute Gasteiger partial charge is 0.340 e. The van der Waals surface area contributed by atoms with Crippen molar-refractivity contribution in [3.8, 4) is 17.2 Å². The largest absolute Gasteiger partial charge is 0.493 e. The van der Waals surface area contributed by atoms with Crippen molar-refractivity contribution in [1.82, 2.24) is 0 Å². The Bertz CT molecular complexity index is 518. The molecular formula is C14H21NO7. The predicted molar refractivity (Wildman–Crippen MR) is 79.0 cm³/mol. The average Bonchev–Trinajstić information content (AvgIpc) is 2.56. The number of anilines is 1. The molecule has 0 saturated heterocycles. The molecule has 1 atom stereocenters. The zero-order chi connectivity index (χ0) is 16.7. The molecule has 0 saturated carbocycles. The van der Waals surface area contributed by atoms with Gasteiger partial charge in [-0.1, -0.05) is 0 Å². The van der Waals surface area contributed by atoms with Crippen LogP contribution in [-0.4, -0.2) is 63.9 Å². The third kappa shape index (κ3) is 3.71. The fourth-order valence-electron chi connectivity index (χ4n) is 1.89. The van der Waals surface area contributed by atoms with E-state index in [4.69, 9.17) is 24.1 Å². The molecule has 0 bridgehead atoms. The minimum atomic E-state index is -0.997. The highest BCUT2D eigenvalue weighted by Crippen LogP contribution is 2.45. The lowest BCUT2D eigenvalue weighted by molar-refractivity contribution is 0.0600. The van der Waals surface area contributed by atoms with Crippen LogP contribution in [0.1, 0.15) is 10.4 Å². The van der Waals surface area contributed by atoms with E-state index in [0.29, 0.717) is 11.5 Å². The van der Waals surface area contributed by atoms with Crippen LogP contribution >= 0.6 is 0 Å². The summed E-state index contributed by atoms with van der Waals surface area (Å²) in [5.41, 5.74) is 0.432. The lowest BCUT2D eigenvalue weighted by atomic mass is 10.1. The number of carbonyl (C=O) groups is 1. The van der Waals surface area contributed by atoms with Crippen LogP contribution in [-0.2, 0) is 4.74 Å². The average molecular weight is 315 g/mol. The van der Waals surface area contributed by atoms with Crippen molar-refractivity contribution in [2.45, 2.75) is 6.10 Å². The van der Waals surface area contributed by atoms with Gasteiger partial charge in [0.05, 0.1) is 52.4 Å². The summed E-state index contributed by atoms with van der Waals surface area (Å²) in [6.07, 6.45) is -0.997. The molecule has 0 fully saturated rings. The number of hydrogen-bond donors (Lipinski definition) is 3. The maximum absolute atomic E-state index is 12.0. The number of nitrogens with one attached hydrogen (secondary N) is 1. The van der Waals surface area contributed by atoms with Gasteiger partial charge in [0.15, 0.2) is 11.5 Å². The van der Waals surface area contributed by atoms with E-state index in [1.54, 1.807) is 0 Å². The molecule has 22 heavy (non-hydrogen) atoms. The Balaban J connectivity index is 3.42. The highest BCUT2D eigenvalue weighted by molar-refractivity contribution is 5.99. The number of hydrogen-bond acceptors (Lipinski definition) is 8. The number of rotatable bonds is 8. The number of ether oxygens (including phenoxy) is 4. The summed E-state index contributed by atoms with van der Waals surface area (Å²) in [5.74, 6) is 0.208. The second-order valence-corrected chi connectivity index (χ2v) is 4.28. The van der Waals surface area contributed by atoms with Crippen molar-refractivity contribution in [2.24, 2.45) is 0 Å². The summed E-state index contributed by atoms with van der Waals surface area (Å²) in [7, 11) is 5.52. The van der Waals surface area contributed by atoms with E-state index < -0.39 is 18.7 Å². The molecule has 0 aliphatic heterocycles. The second-order valence-electron chi connectivity index (χ2n) is 4.28. The van der Waals surface area contributed by atoms with Gasteiger partial charge in [0.25, 0.3) is 0 Å². The maximum Gasteiger partial charge on any atom is 0.340 e. The third-order valence-electron chi connectivity index (χ3n) is 2.96. The second kappa shape index (κ2) is 8.30. The molecule has 1 rings (SSSR count). The number of aliphatic hydroxyl groups excluding tert-OH is 2. The van der Waals surface area contributed by atoms with Crippen LogP contribution in [0, 0.1) is 0 Å². The van der Waals surface area contributed by atoms with E-state index in [1.807, 2.05) is 0 Å². The molecule has 3 N–H and O–H groups in total. The van der Waals surface area contributed by atoms with Gasteiger partial charge >= 0.3 is 5.97 Å². The lowest BCUT2D eigenvalue weighted by Gasteiger charge is -2.20. The zero-order valence-electron chi connectivity index (χ0n) is 13.0. The van der Waals surface area contributed by atoms with E-state index in [-0.39, 0.29) is 23.5 Å². The van der Waals surface area contributed by atoms with Crippen LogP contribution in [0.5, 0.6) is 17.2 Å². The van der Waals surface area contributed by atoms with Crippen molar-refractivity contribution >= 4 is 11.7 Å². The lowest BCUT2D eigenvalue weighted by Crippen LogP contribution is -2.24. The molecule has 8 heteroatoms. The molecule has 0 spiro atoms. The first-order valence-corrected chi connectivity index (χ1v) is 6.48. The summed E-state index contributed by atoms with van der Waals surface area (Å²) in [4.78, 5) is 12.0. The maximum atomic E-state index is 12.0. The Morgan fingerprint density at radius 1 is 1.18 bits per heavy atom. The van der Waals surface area contributed by atoms with Gasteiger partial charge < -0.3 is 34.5 Å². The van der Waals surface area contributed by atoms with E-state index in [2.05, 4.69) is 5.32 Å². The Kier molecular flexibility index (Phi) is 6.74. The minimum absolute atomic E-state index is 0.00629. The minimum Gasteiger partial charge on any atom is -0.493 e. The molecule has 0 aliphatic carbocycles. The van der Waals surface area contributed by atoms with Crippen molar-refractivity contribution in [3.63, 3.8) is 0 Å². The first-order chi connectivity index (χ1) is 10.5. The normalized spacial score (nSPS) is 11.5. The van der Waals surface area contributed by atoms with Gasteiger partial charge in [-0.05, 0) is 0 Å². The van der Waals surface area contributed by atoms with Gasteiger partial charge in [0.2, 0.25) is 5.75 Å². The standard InChI is InChI=1S/C14H21NO7/c1-19-10-5-9(14(18)22-4)11(15-6-8(17)7-16)13(21-3)12(10)20-2/h5,8,15-17H,6-7H2,1-4H3. The van der Waals surface area contributed by atoms with Crippen molar-refractivity contribution in [1.29, 1.82) is 0 Å². The topological polar surface area (TPSA) is 106 Å². The quantitative estimate of drug-likeness (QED) is 0.587. The van der Waals surface area contributed by atoms with Crippen molar-refractivity contribution < 1.29 is 34.0 Å². The summed E-state index contributed by atoms with van der Waals surface area (Å²) < 4.78 is 20.5. The molecule has 0 aromatic heterocycles. The van der Waals surface area contributed by atoms with Gasteiger partial charge in [0.1, 0.15) is 0 Å². The van der Waals surface area contributed by atoms with Gasteiger partial charge in [-0.15, -0.1) is 0 Å². The highest BCUT2D eigenvalue weighted by atomic mass is 16.5. The Morgan fingerprint density at radius 3 is 2.27 bits per heavy atom. The monoisotopic (exact) mass is 315 g/mol. The van der Waals surface area contributed by atoms with Gasteiger partial charge in [-0.25, -0.2) is 4.79 Å². The first-order valence-electron chi connectivity index (χ1n) is 6.48. The summed E-state index contributed by atoms with van der Waals surface area (Å²) in [6, 6.07) is 1.45. The number of methoxy groups -OCH3 is 4. The fourth-order valence-corrected chi connectivity index (χ4v) is 1.89. The number of aliphatic hydroxyl groups is 2. The van der Waals surface area contributed by atoms with E-state index in [9.17, 15) is 9.90 Å². The highest BCUT2D eigenvalue weighted by Gasteiger charge is 2.25. The third-order valence-corrected chi connectivity index (χ3v) is 2.96. The molecule has 1 aromatic rings. The number of carbonyl (C=O) groups excluding carboxylic acids is 1. The first kappa shape index (κ1) is 17.9. The molecule has 1 aromatic carbocycles. The Hall–Kier alpha value is -2.19. The van der Waals surface area contributed by atoms with Crippen LogP contribution in [0.3, 0.4) is 0 Å².